The molecule has 1 aromatic rings. The first-order chi connectivity index (χ1) is 7.95. The number of nitrogens with zero attached hydrogens (tertiary/aromatic N) is 2. The predicted octanol–water partition coefficient (Wildman–Crippen LogP) is 1.50. The summed E-state index contributed by atoms with van der Waals surface area (Å²) in [4.78, 5) is 0. The Kier molecular flexibility index (Phi) is 4.54. The molecule has 1 rings (SSSR count). The Balaban J connectivity index is 2.97. The summed E-state index contributed by atoms with van der Waals surface area (Å²) < 4.78 is 12.6. The van der Waals surface area contributed by atoms with Gasteiger partial charge in [-0.3, -0.25) is 4.68 Å². The summed E-state index contributed by atoms with van der Waals surface area (Å²) in [5.41, 5.74) is 0.850. The summed E-state index contributed by atoms with van der Waals surface area (Å²) in [6, 6.07) is 0.146. The van der Waals surface area contributed by atoms with Crippen molar-refractivity contribution in [2.45, 2.75) is 31.9 Å². The highest BCUT2D eigenvalue weighted by Gasteiger charge is 2.27. The van der Waals surface area contributed by atoms with Gasteiger partial charge in [-0.15, -0.1) is 0 Å². The Morgan fingerprint density at radius 3 is 2.59 bits per heavy atom. The summed E-state index contributed by atoms with van der Waals surface area (Å²) in [5, 5.41) is 7.51. The van der Waals surface area contributed by atoms with Gasteiger partial charge in [0.1, 0.15) is 0 Å². The van der Waals surface area contributed by atoms with Gasteiger partial charge in [-0.05, 0) is 27.3 Å². The lowest BCUT2D eigenvalue weighted by molar-refractivity contribution is 0.00665. The van der Waals surface area contributed by atoms with Crippen LogP contribution in [0.2, 0.25) is 0 Å². The topological polar surface area (TPSA) is 48.3 Å². The molecule has 0 fully saturated rings. The number of methoxy groups -OCH3 is 2. The molecule has 0 radical (unpaired) electrons. The SMILES string of the molecule is CNC(CC(C)(C)OC)c1c(OC)cnn1C. The molecule has 0 aliphatic rings. The molecule has 0 bridgehead atoms. The molecule has 0 saturated heterocycles. The van der Waals surface area contributed by atoms with Crippen LogP contribution < -0.4 is 10.1 Å². The maximum absolute atomic E-state index is 5.47. The fourth-order valence-corrected chi connectivity index (χ4v) is 1.89. The fraction of sp³-hybridized carbons (Fsp3) is 0.750. The van der Waals surface area contributed by atoms with Crippen molar-refractivity contribution in [1.29, 1.82) is 0 Å². The first-order valence-corrected chi connectivity index (χ1v) is 5.73. The van der Waals surface area contributed by atoms with Crippen molar-refractivity contribution in [2.75, 3.05) is 21.3 Å². The van der Waals surface area contributed by atoms with Gasteiger partial charge in [-0.1, -0.05) is 0 Å². The number of hydrogen-bond donors (Lipinski definition) is 1. The van der Waals surface area contributed by atoms with Gasteiger partial charge >= 0.3 is 0 Å². The molecule has 0 aliphatic carbocycles. The summed E-state index contributed by atoms with van der Waals surface area (Å²) in [6.45, 7) is 4.14. The number of aromatic nitrogens is 2. The van der Waals surface area contributed by atoms with Crippen LogP contribution in [0.25, 0.3) is 0 Å². The highest BCUT2D eigenvalue weighted by atomic mass is 16.5. The van der Waals surface area contributed by atoms with E-state index in [-0.39, 0.29) is 11.6 Å². The largest absolute Gasteiger partial charge is 0.493 e. The van der Waals surface area contributed by atoms with Gasteiger partial charge in [-0.2, -0.15) is 5.10 Å². The van der Waals surface area contributed by atoms with E-state index in [2.05, 4.69) is 24.3 Å². The number of ether oxygens (including phenoxy) is 2. The zero-order valence-electron chi connectivity index (χ0n) is 11.6. The first-order valence-electron chi connectivity index (χ1n) is 5.73. The van der Waals surface area contributed by atoms with Crippen LogP contribution in [0.4, 0.5) is 0 Å². The van der Waals surface area contributed by atoms with Gasteiger partial charge in [-0.25, -0.2) is 0 Å². The van der Waals surface area contributed by atoms with E-state index in [4.69, 9.17) is 9.47 Å². The molecular formula is C12H23N3O2. The summed E-state index contributed by atoms with van der Waals surface area (Å²) >= 11 is 0. The second-order valence-corrected chi connectivity index (χ2v) is 4.73. The van der Waals surface area contributed by atoms with Gasteiger partial charge in [0.05, 0.1) is 30.6 Å². The average molecular weight is 241 g/mol. The second kappa shape index (κ2) is 5.51. The van der Waals surface area contributed by atoms with E-state index in [9.17, 15) is 0 Å². The minimum Gasteiger partial charge on any atom is -0.493 e. The Morgan fingerprint density at radius 1 is 1.47 bits per heavy atom. The number of hydrogen-bond acceptors (Lipinski definition) is 4. The molecule has 1 heterocycles. The standard InChI is InChI=1S/C12H23N3O2/c1-12(2,17-6)7-9(13-3)11-10(16-5)8-14-15(11)4/h8-9,13H,7H2,1-6H3. The number of aryl methyl sites for hydroxylation is 1. The third kappa shape index (κ3) is 3.20. The fourth-order valence-electron chi connectivity index (χ4n) is 1.89. The average Bonchev–Trinajstić information content (AvgIpc) is 2.67. The molecule has 0 aliphatic heterocycles. The van der Waals surface area contributed by atoms with E-state index < -0.39 is 0 Å². The van der Waals surface area contributed by atoms with Crippen LogP contribution in [0, 0.1) is 0 Å². The molecule has 1 aromatic heterocycles. The van der Waals surface area contributed by atoms with Gasteiger partial charge in [0.15, 0.2) is 5.75 Å². The third-order valence-electron chi connectivity index (χ3n) is 3.10. The van der Waals surface area contributed by atoms with Crippen LogP contribution in [0.15, 0.2) is 6.20 Å². The van der Waals surface area contributed by atoms with Crippen molar-refractivity contribution < 1.29 is 9.47 Å². The summed E-state index contributed by atoms with van der Waals surface area (Å²) in [7, 11) is 7.24. The van der Waals surface area contributed by atoms with Crippen LogP contribution in [0.5, 0.6) is 5.75 Å². The minimum atomic E-state index is -0.192. The van der Waals surface area contributed by atoms with Crippen LogP contribution >= 0.6 is 0 Å². The van der Waals surface area contributed by atoms with Crippen molar-refractivity contribution in [3.63, 3.8) is 0 Å². The zero-order valence-corrected chi connectivity index (χ0v) is 11.6. The molecule has 1 atom stereocenters. The van der Waals surface area contributed by atoms with Crippen LogP contribution in [-0.2, 0) is 11.8 Å². The van der Waals surface area contributed by atoms with Gasteiger partial charge in [0.2, 0.25) is 0 Å². The zero-order chi connectivity index (χ0) is 13.1. The van der Waals surface area contributed by atoms with Crippen molar-refractivity contribution in [2.24, 2.45) is 7.05 Å². The van der Waals surface area contributed by atoms with Gasteiger partial charge < -0.3 is 14.8 Å². The monoisotopic (exact) mass is 241 g/mol. The quantitative estimate of drug-likeness (QED) is 0.820. The molecule has 17 heavy (non-hydrogen) atoms. The highest BCUT2D eigenvalue weighted by molar-refractivity contribution is 5.28. The van der Waals surface area contributed by atoms with Crippen LogP contribution in [0.3, 0.4) is 0 Å². The smallest absolute Gasteiger partial charge is 0.161 e. The molecule has 5 nitrogen and oxygen atoms in total. The second-order valence-electron chi connectivity index (χ2n) is 4.73. The molecule has 0 aromatic carbocycles. The van der Waals surface area contributed by atoms with E-state index in [0.29, 0.717) is 0 Å². The van der Waals surface area contributed by atoms with E-state index in [0.717, 1.165) is 17.9 Å². The molecule has 0 saturated carbocycles. The number of nitrogens with one attached hydrogen (secondary N) is 1. The van der Waals surface area contributed by atoms with Gasteiger partial charge in [0.25, 0.3) is 0 Å². The molecule has 5 heteroatoms. The third-order valence-corrected chi connectivity index (χ3v) is 3.10. The Labute approximate surface area is 103 Å². The van der Waals surface area contributed by atoms with Gasteiger partial charge in [0, 0.05) is 14.2 Å². The molecule has 0 amide bonds. The molecule has 1 unspecified atom stereocenters. The molecule has 0 spiro atoms. The lowest BCUT2D eigenvalue weighted by atomic mass is 9.96. The van der Waals surface area contributed by atoms with E-state index in [1.165, 1.54) is 0 Å². The van der Waals surface area contributed by atoms with Crippen LogP contribution in [0.1, 0.15) is 32.0 Å². The molecular weight excluding hydrogens is 218 g/mol. The van der Waals surface area contributed by atoms with Crippen molar-refractivity contribution in [3.8, 4) is 5.75 Å². The maximum Gasteiger partial charge on any atom is 0.161 e. The maximum atomic E-state index is 5.47. The normalized spacial score (nSPS) is 13.8. The van der Waals surface area contributed by atoms with Crippen molar-refractivity contribution in [3.05, 3.63) is 11.9 Å². The molecule has 1 N–H and O–H groups in total. The summed E-state index contributed by atoms with van der Waals surface area (Å²) in [5.74, 6) is 0.804. The Hall–Kier alpha value is -1.07. The Morgan fingerprint density at radius 2 is 2.12 bits per heavy atom. The van der Waals surface area contributed by atoms with Crippen LogP contribution in [-0.4, -0.2) is 36.6 Å². The van der Waals surface area contributed by atoms with E-state index >= 15 is 0 Å². The lowest BCUT2D eigenvalue weighted by Gasteiger charge is -2.28. The summed E-state index contributed by atoms with van der Waals surface area (Å²) in [6.07, 6.45) is 2.58. The number of rotatable bonds is 6. The van der Waals surface area contributed by atoms with E-state index in [1.54, 1.807) is 20.4 Å². The highest BCUT2D eigenvalue weighted by Crippen LogP contribution is 2.30. The lowest BCUT2D eigenvalue weighted by Crippen LogP contribution is -2.31. The van der Waals surface area contributed by atoms with Crippen molar-refractivity contribution in [1.82, 2.24) is 15.1 Å². The molecule has 98 valence electrons. The predicted molar refractivity (Wildman–Crippen MR) is 67.3 cm³/mol. The Bertz CT molecular complexity index is 361. The minimum absolute atomic E-state index is 0.146. The van der Waals surface area contributed by atoms with Crippen molar-refractivity contribution >= 4 is 0 Å². The first kappa shape index (κ1) is 14.0. The van der Waals surface area contributed by atoms with E-state index in [1.807, 2.05) is 18.8 Å².